The zero-order valence-electron chi connectivity index (χ0n) is 10.8. The average molecular weight is 271 g/mol. The summed E-state index contributed by atoms with van der Waals surface area (Å²) in [4.78, 5) is 2.46. The lowest BCUT2D eigenvalue weighted by molar-refractivity contribution is 0.589. The number of nitrogens with one attached hydrogen (secondary N) is 2. The van der Waals surface area contributed by atoms with Gasteiger partial charge in [0.15, 0.2) is 0 Å². The van der Waals surface area contributed by atoms with Crippen molar-refractivity contribution in [3.8, 4) is 0 Å². The maximum absolute atomic E-state index is 3.58. The molecule has 4 rings (SSSR count). The molecule has 2 aromatic rings. The molecule has 0 amide bonds. The van der Waals surface area contributed by atoms with E-state index in [4.69, 9.17) is 0 Å². The summed E-state index contributed by atoms with van der Waals surface area (Å²) in [6.07, 6.45) is 1.06. The summed E-state index contributed by atoms with van der Waals surface area (Å²) in [5.74, 6) is 0. The molecule has 4 heteroatoms. The van der Waals surface area contributed by atoms with Gasteiger partial charge in [-0.25, -0.2) is 0 Å². The highest BCUT2D eigenvalue weighted by Gasteiger charge is 2.18. The second-order valence-electron chi connectivity index (χ2n) is 5.16. The maximum Gasteiger partial charge on any atom is 0.0962 e. The maximum atomic E-state index is 3.58. The molecule has 1 aromatic carbocycles. The van der Waals surface area contributed by atoms with Crippen LogP contribution in [0.1, 0.15) is 11.1 Å². The predicted molar refractivity (Wildman–Crippen MR) is 81.9 cm³/mol. The normalized spacial score (nSPS) is 17.6. The zero-order valence-corrected chi connectivity index (χ0v) is 11.6. The summed E-state index contributed by atoms with van der Waals surface area (Å²) in [6, 6.07) is 9.08. The van der Waals surface area contributed by atoms with Gasteiger partial charge in [-0.05, 0) is 34.7 Å². The van der Waals surface area contributed by atoms with E-state index in [0.717, 1.165) is 32.6 Å². The number of rotatable bonds is 1. The summed E-state index contributed by atoms with van der Waals surface area (Å²) in [5, 5.41) is 10.5. The number of anilines is 3. The second kappa shape index (κ2) is 4.54. The molecule has 0 saturated carbocycles. The van der Waals surface area contributed by atoms with E-state index in [-0.39, 0.29) is 0 Å². The minimum Gasteiger partial charge on any atom is -0.369 e. The Kier molecular flexibility index (Phi) is 2.71. The molecular weight excluding hydrogens is 254 g/mol. The molecule has 0 atom stereocenters. The highest BCUT2D eigenvalue weighted by Crippen LogP contribution is 2.38. The molecule has 0 bridgehead atoms. The van der Waals surface area contributed by atoms with Gasteiger partial charge in [-0.2, -0.15) is 0 Å². The molecule has 0 aliphatic carbocycles. The Balaban J connectivity index is 1.65. The minimum absolute atomic E-state index is 1.06. The van der Waals surface area contributed by atoms with Gasteiger partial charge in [0.05, 0.1) is 5.00 Å². The van der Waals surface area contributed by atoms with Crippen LogP contribution >= 0.6 is 11.3 Å². The quantitative estimate of drug-likeness (QED) is 0.712. The summed E-state index contributed by atoms with van der Waals surface area (Å²) in [7, 11) is 0. The summed E-state index contributed by atoms with van der Waals surface area (Å²) >= 11 is 1.80. The Labute approximate surface area is 117 Å². The molecule has 3 nitrogen and oxygen atoms in total. The first-order valence-corrected chi connectivity index (χ1v) is 7.70. The van der Waals surface area contributed by atoms with Gasteiger partial charge in [-0.15, -0.1) is 11.3 Å². The van der Waals surface area contributed by atoms with E-state index in [1.165, 1.54) is 27.5 Å². The number of thiophene rings is 1. The smallest absolute Gasteiger partial charge is 0.0962 e. The van der Waals surface area contributed by atoms with Crippen molar-refractivity contribution in [1.82, 2.24) is 5.32 Å². The van der Waals surface area contributed by atoms with Crippen LogP contribution in [0.2, 0.25) is 0 Å². The van der Waals surface area contributed by atoms with Gasteiger partial charge in [-0.3, -0.25) is 0 Å². The SMILES string of the molecule is c1cc2c(s1)Nc1cc(N3CCNCC3)ccc1C2. The fourth-order valence-corrected chi connectivity index (χ4v) is 3.70. The first-order chi connectivity index (χ1) is 9.40. The van der Waals surface area contributed by atoms with Gasteiger partial charge >= 0.3 is 0 Å². The third-order valence-electron chi connectivity index (χ3n) is 3.95. The van der Waals surface area contributed by atoms with Crippen LogP contribution in [0.3, 0.4) is 0 Å². The third kappa shape index (κ3) is 2.01. The van der Waals surface area contributed by atoms with E-state index in [9.17, 15) is 0 Å². The Morgan fingerprint density at radius 3 is 2.84 bits per heavy atom. The van der Waals surface area contributed by atoms with Gasteiger partial charge in [0.1, 0.15) is 0 Å². The molecule has 1 fully saturated rings. The largest absolute Gasteiger partial charge is 0.369 e. The molecule has 98 valence electrons. The Morgan fingerprint density at radius 2 is 1.95 bits per heavy atom. The number of benzene rings is 1. The number of hydrogen-bond donors (Lipinski definition) is 2. The van der Waals surface area contributed by atoms with E-state index >= 15 is 0 Å². The summed E-state index contributed by atoms with van der Waals surface area (Å²) in [5.41, 5.74) is 5.45. The van der Waals surface area contributed by atoms with Gasteiger partial charge in [0.2, 0.25) is 0 Å². The van der Waals surface area contributed by atoms with Crippen molar-refractivity contribution < 1.29 is 0 Å². The van der Waals surface area contributed by atoms with E-state index in [1.807, 2.05) is 0 Å². The third-order valence-corrected chi connectivity index (χ3v) is 4.82. The van der Waals surface area contributed by atoms with Gasteiger partial charge < -0.3 is 15.5 Å². The van der Waals surface area contributed by atoms with Crippen molar-refractivity contribution in [2.75, 3.05) is 36.4 Å². The number of hydrogen-bond acceptors (Lipinski definition) is 4. The van der Waals surface area contributed by atoms with Crippen molar-refractivity contribution >= 4 is 27.7 Å². The molecule has 0 spiro atoms. The van der Waals surface area contributed by atoms with Crippen molar-refractivity contribution in [2.45, 2.75) is 6.42 Å². The lowest BCUT2D eigenvalue weighted by Crippen LogP contribution is -2.43. The number of fused-ring (bicyclic) bond motifs is 2. The molecular formula is C15H17N3S. The van der Waals surface area contributed by atoms with Crippen molar-refractivity contribution in [3.63, 3.8) is 0 Å². The van der Waals surface area contributed by atoms with Crippen LogP contribution in [0.5, 0.6) is 0 Å². The minimum atomic E-state index is 1.06. The summed E-state index contributed by atoms with van der Waals surface area (Å²) in [6.45, 7) is 4.37. The number of piperazine rings is 1. The molecule has 0 unspecified atom stereocenters. The van der Waals surface area contributed by atoms with Crippen LogP contribution in [-0.2, 0) is 6.42 Å². The lowest BCUT2D eigenvalue weighted by atomic mass is 10.0. The molecule has 2 aliphatic rings. The Hall–Kier alpha value is -1.52. The molecule has 19 heavy (non-hydrogen) atoms. The monoisotopic (exact) mass is 271 g/mol. The zero-order chi connectivity index (χ0) is 12.7. The molecule has 1 aromatic heterocycles. The van der Waals surface area contributed by atoms with Crippen LogP contribution < -0.4 is 15.5 Å². The highest BCUT2D eigenvalue weighted by molar-refractivity contribution is 7.14. The van der Waals surface area contributed by atoms with Gasteiger partial charge in [0.25, 0.3) is 0 Å². The standard InChI is InChI=1S/C15H17N3S/c1-2-13(18-6-4-16-5-7-18)10-14-11(1)9-12-3-8-19-15(12)17-14/h1-3,8,10,16-17H,4-7,9H2. The van der Waals surface area contributed by atoms with E-state index in [0.29, 0.717) is 0 Å². The average Bonchev–Trinajstić information content (AvgIpc) is 2.92. The lowest BCUT2D eigenvalue weighted by Gasteiger charge is -2.30. The summed E-state index contributed by atoms with van der Waals surface area (Å²) < 4.78 is 0. The topological polar surface area (TPSA) is 27.3 Å². The molecule has 3 heterocycles. The molecule has 2 N–H and O–H groups in total. The first kappa shape index (κ1) is 11.3. The fraction of sp³-hybridized carbons (Fsp3) is 0.333. The first-order valence-electron chi connectivity index (χ1n) is 6.82. The molecule has 0 radical (unpaired) electrons. The van der Waals surface area contributed by atoms with Crippen molar-refractivity contribution in [2.24, 2.45) is 0 Å². The fourth-order valence-electron chi connectivity index (χ4n) is 2.87. The Bertz CT molecular complexity index is 599. The van der Waals surface area contributed by atoms with Gasteiger partial charge in [-0.1, -0.05) is 6.07 Å². The van der Waals surface area contributed by atoms with E-state index in [2.05, 4.69) is 45.2 Å². The number of nitrogens with zero attached hydrogens (tertiary/aromatic N) is 1. The van der Waals surface area contributed by atoms with Crippen LogP contribution in [0.15, 0.2) is 29.6 Å². The predicted octanol–water partition coefficient (Wildman–Crippen LogP) is 2.81. The van der Waals surface area contributed by atoms with E-state index in [1.54, 1.807) is 11.3 Å². The molecule has 2 aliphatic heterocycles. The second-order valence-corrected chi connectivity index (χ2v) is 6.07. The van der Waals surface area contributed by atoms with Crippen molar-refractivity contribution in [1.29, 1.82) is 0 Å². The van der Waals surface area contributed by atoms with E-state index < -0.39 is 0 Å². The highest BCUT2D eigenvalue weighted by atomic mass is 32.1. The Morgan fingerprint density at radius 1 is 1.05 bits per heavy atom. The van der Waals surface area contributed by atoms with Crippen LogP contribution in [-0.4, -0.2) is 26.2 Å². The van der Waals surface area contributed by atoms with Crippen molar-refractivity contribution in [3.05, 3.63) is 40.8 Å². The van der Waals surface area contributed by atoms with Crippen LogP contribution in [0.4, 0.5) is 16.4 Å². The van der Waals surface area contributed by atoms with Crippen LogP contribution in [0.25, 0.3) is 0 Å². The van der Waals surface area contributed by atoms with Crippen LogP contribution in [0, 0.1) is 0 Å². The van der Waals surface area contributed by atoms with Gasteiger partial charge in [0, 0.05) is 44.0 Å². The molecule has 1 saturated heterocycles.